The molecule has 0 aliphatic heterocycles. The van der Waals surface area contributed by atoms with Crippen molar-refractivity contribution >= 4 is 35.0 Å². The predicted molar refractivity (Wildman–Crippen MR) is 110 cm³/mol. The zero-order valence-corrected chi connectivity index (χ0v) is 15.7. The van der Waals surface area contributed by atoms with Crippen LogP contribution in [-0.4, -0.2) is 15.0 Å². The number of halogens is 2. The fourth-order valence-corrected chi connectivity index (χ4v) is 3.11. The van der Waals surface area contributed by atoms with Gasteiger partial charge in [0.05, 0.1) is 11.0 Å². The van der Waals surface area contributed by atoms with Crippen LogP contribution >= 0.6 is 24.0 Å². The summed E-state index contributed by atoms with van der Waals surface area (Å²) >= 11 is 6.01. The van der Waals surface area contributed by atoms with Gasteiger partial charge in [-0.2, -0.15) is 0 Å². The molecule has 1 aromatic heterocycles. The Morgan fingerprint density at radius 1 is 0.769 bits per heavy atom. The van der Waals surface area contributed by atoms with Crippen molar-refractivity contribution in [3.05, 3.63) is 101 Å². The molecule has 0 aliphatic rings. The quantitative estimate of drug-likeness (QED) is 0.490. The van der Waals surface area contributed by atoms with E-state index in [0.717, 1.165) is 29.3 Å². The Hall–Kier alpha value is -2.33. The van der Waals surface area contributed by atoms with Crippen molar-refractivity contribution in [2.24, 2.45) is 0 Å². The molecule has 0 bridgehead atoms. The van der Waals surface area contributed by atoms with Gasteiger partial charge in [-0.3, -0.25) is 0 Å². The van der Waals surface area contributed by atoms with Crippen molar-refractivity contribution < 1.29 is 5.48 Å². The number of fused-ring (bicyclic) bond motifs is 1. The summed E-state index contributed by atoms with van der Waals surface area (Å²) in [6, 6.07) is 26.8. The smallest absolute Gasteiger partial charge is 0.114 e. The molecule has 0 unspecified atom stereocenters. The van der Waals surface area contributed by atoms with Crippen LogP contribution in [0, 0.1) is 0 Å². The number of hydrogen-bond donors (Lipinski definition) is 0. The first kappa shape index (κ1) is 20.0. The Balaban J connectivity index is 0.00000121. The van der Waals surface area contributed by atoms with Crippen LogP contribution in [0.1, 0.15) is 17.0 Å². The summed E-state index contributed by atoms with van der Waals surface area (Å²) in [5.74, 6) is 1.08. The third kappa shape index (κ3) is 4.25. The van der Waals surface area contributed by atoms with Crippen LogP contribution in [0.4, 0.5) is 0 Å². The highest BCUT2D eigenvalue weighted by Gasteiger charge is 2.11. The van der Waals surface area contributed by atoms with Gasteiger partial charge in [-0.25, -0.2) is 4.98 Å². The molecule has 0 radical (unpaired) electrons. The molecule has 0 saturated heterocycles. The highest BCUT2D eigenvalue weighted by Crippen LogP contribution is 2.21. The van der Waals surface area contributed by atoms with Crippen LogP contribution in [0.3, 0.4) is 0 Å². The van der Waals surface area contributed by atoms with E-state index in [4.69, 9.17) is 16.6 Å². The molecule has 0 aliphatic carbocycles. The largest absolute Gasteiger partial charge is 0.412 e. The van der Waals surface area contributed by atoms with Crippen molar-refractivity contribution in [2.45, 2.75) is 13.0 Å². The van der Waals surface area contributed by atoms with Crippen molar-refractivity contribution in [3.63, 3.8) is 0 Å². The van der Waals surface area contributed by atoms with Crippen molar-refractivity contribution in [2.75, 3.05) is 0 Å². The Morgan fingerprint density at radius 2 is 1.42 bits per heavy atom. The number of aromatic nitrogens is 2. The second-order valence-electron chi connectivity index (χ2n) is 5.89. The topological polar surface area (TPSA) is 49.3 Å². The van der Waals surface area contributed by atoms with Gasteiger partial charge in [-0.05, 0) is 35.4 Å². The summed E-state index contributed by atoms with van der Waals surface area (Å²) in [5, 5.41) is 0.763. The molecule has 0 amide bonds. The Bertz CT molecular complexity index is 966. The maximum absolute atomic E-state index is 6.01. The minimum Gasteiger partial charge on any atom is -0.412 e. The van der Waals surface area contributed by atoms with Crippen LogP contribution in [0.15, 0.2) is 78.9 Å². The Kier molecular flexibility index (Phi) is 6.81. The monoisotopic (exact) mass is 386 g/mol. The van der Waals surface area contributed by atoms with Gasteiger partial charge in [-0.1, -0.05) is 66.2 Å². The molecule has 134 valence electrons. The fraction of sp³-hybridized carbons (Fsp3) is 0.0952. The van der Waals surface area contributed by atoms with E-state index in [0.29, 0.717) is 0 Å². The Labute approximate surface area is 164 Å². The van der Waals surface area contributed by atoms with Crippen LogP contribution in [0.25, 0.3) is 11.0 Å². The van der Waals surface area contributed by atoms with E-state index in [2.05, 4.69) is 59.2 Å². The number of hydrogen-bond acceptors (Lipinski definition) is 1. The molecule has 0 saturated carbocycles. The summed E-state index contributed by atoms with van der Waals surface area (Å²) in [6.45, 7) is 0.792. The third-order valence-corrected chi connectivity index (χ3v) is 4.44. The molecule has 0 atom stereocenters. The van der Waals surface area contributed by atoms with Crippen molar-refractivity contribution in [3.8, 4) is 0 Å². The second kappa shape index (κ2) is 8.86. The maximum Gasteiger partial charge on any atom is 0.114 e. The average molecular weight is 387 g/mol. The van der Waals surface area contributed by atoms with Crippen LogP contribution in [0.5, 0.6) is 0 Å². The number of nitrogens with zero attached hydrogens (tertiary/aromatic N) is 2. The molecule has 5 heteroatoms. The van der Waals surface area contributed by atoms with Gasteiger partial charge in [0.25, 0.3) is 0 Å². The summed E-state index contributed by atoms with van der Waals surface area (Å²) in [6.07, 6.45) is 0.823. The van der Waals surface area contributed by atoms with Crippen LogP contribution in [0.2, 0.25) is 5.02 Å². The van der Waals surface area contributed by atoms with E-state index in [1.54, 1.807) is 0 Å². The lowest BCUT2D eigenvalue weighted by Gasteiger charge is -2.10. The molecule has 3 aromatic carbocycles. The molecule has 1 heterocycles. The van der Waals surface area contributed by atoms with Gasteiger partial charge in [0.15, 0.2) is 0 Å². The normalized spacial score (nSPS) is 10.2. The van der Waals surface area contributed by atoms with E-state index in [1.807, 2.05) is 24.3 Å². The first-order chi connectivity index (χ1) is 11.8. The zero-order valence-electron chi connectivity index (χ0n) is 14.1. The standard InChI is InChI=1S/C21H17ClN2.ClH.H2O/c22-18-12-10-17(11-13-18)15-24-20-9-5-4-8-19(20)23-21(24)14-16-6-2-1-3-7-16;;/h1-13H,14-15H2;1H;1H2. The molecular formula is C21H20Cl2N2O. The van der Waals surface area contributed by atoms with Crippen molar-refractivity contribution in [1.29, 1.82) is 0 Å². The third-order valence-electron chi connectivity index (χ3n) is 4.19. The number of rotatable bonds is 4. The molecule has 4 aromatic rings. The van der Waals surface area contributed by atoms with Gasteiger partial charge in [0, 0.05) is 18.0 Å². The fourth-order valence-electron chi connectivity index (χ4n) is 2.99. The molecule has 2 N–H and O–H groups in total. The minimum atomic E-state index is 0. The Morgan fingerprint density at radius 3 is 2.15 bits per heavy atom. The molecule has 4 rings (SSSR count). The number of benzene rings is 3. The van der Waals surface area contributed by atoms with Crippen LogP contribution in [-0.2, 0) is 13.0 Å². The second-order valence-corrected chi connectivity index (χ2v) is 6.33. The van der Waals surface area contributed by atoms with Crippen molar-refractivity contribution in [1.82, 2.24) is 9.55 Å². The highest BCUT2D eigenvalue weighted by atomic mass is 35.5. The lowest BCUT2D eigenvalue weighted by atomic mass is 10.1. The summed E-state index contributed by atoms with van der Waals surface area (Å²) in [7, 11) is 0. The molecule has 26 heavy (non-hydrogen) atoms. The first-order valence-electron chi connectivity index (χ1n) is 8.02. The first-order valence-corrected chi connectivity index (χ1v) is 8.40. The van der Waals surface area contributed by atoms with E-state index in [1.165, 1.54) is 16.6 Å². The van der Waals surface area contributed by atoms with Gasteiger partial charge < -0.3 is 10.0 Å². The maximum atomic E-state index is 6.01. The summed E-state index contributed by atoms with van der Waals surface area (Å²) in [4.78, 5) is 4.86. The van der Waals surface area contributed by atoms with Gasteiger partial charge >= 0.3 is 0 Å². The predicted octanol–water partition coefficient (Wildman–Crippen LogP) is 4.93. The van der Waals surface area contributed by atoms with E-state index in [-0.39, 0.29) is 17.9 Å². The van der Waals surface area contributed by atoms with E-state index in [9.17, 15) is 0 Å². The summed E-state index contributed by atoms with van der Waals surface area (Å²) in [5.41, 5.74) is 4.69. The van der Waals surface area contributed by atoms with E-state index >= 15 is 0 Å². The lowest BCUT2D eigenvalue weighted by Crippen LogP contribution is -2.06. The summed E-state index contributed by atoms with van der Waals surface area (Å²) < 4.78 is 2.30. The number of imidazole rings is 1. The van der Waals surface area contributed by atoms with Gasteiger partial charge in [-0.15, -0.1) is 12.4 Å². The van der Waals surface area contributed by atoms with Gasteiger partial charge in [0.1, 0.15) is 5.82 Å². The minimum absolute atomic E-state index is 0. The number of para-hydroxylation sites is 2. The molecule has 0 fully saturated rings. The highest BCUT2D eigenvalue weighted by molar-refractivity contribution is 6.30. The molecule has 0 spiro atoms. The van der Waals surface area contributed by atoms with Crippen LogP contribution < -0.4 is 0 Å². The molecular weight excluding hydrogens is 367 g/mol. The SMILES string of the molecule is Cl.Clc1ccc(Cn2c(Cc3ccccc3)nc3ccccc32)cc1.O. The molecule has 3 nitrogen and oxygen atoms in total. The van der Waals surface area contributed by atoms with E-state index < -0.39 is 0 Å². The van der Waals surface area contributed by atoms with Gasteiger partial charge in [0.2, 0.25) is 0 Å². The average Bonchev–Trinajstić information content (AvgIpc) is 2.95. The lowest BCUT2D eigenvalue weighted by molar-refractivity contribution is 0.762. The zero-order chi connectivity index (χ0) is 16.4.